The lowest BCUT2D eigenvalue weighted by molar-refractivity contribution is 0.702. The second-order valence-corrected chi connectivity index (χ2v) is 8.11. The molecule has 0 atom stereocenters. The summed E-state index contributed by atoms with van der Waals surface area (Å²) in [6.07, 6.45) is 3.34. The summed E-state index contributed by atoms with van der Waals surface area (Å²) in [4.78, 5) is 10.00. The van der Waals surface area contributed by atoms with E-state index in [1.165, 1.54) is 16.6 Å². The zero-order chi connectivity index (χ0) is 19.7. The minimum absolute atomic E-state index is 0.315. The maximum Gasteiger partial charge on any atom is 0.135 e. The number of hydrogen-bond donors (Lipinski definition) is 1. The molecule has 0 spiro atoms. The van der Waals surface area contributed by atoms with Gasteiger partial charge in [0.05, 0.1) is 16.7 Å². The molecule has 3 aromatic heterocycles. The van der Waals surface area contributed by atoms with Gasteiger partial charge in [-0.05, 0) is 69.4 Å². The van der Waals surface area contributed by atoms with E-state index in [1.54, 1.807) is 0 Å². The van der Waals surface area contributed by atoms with Crippen molar-refractivity contribution in [2.24, 2.45) is 0 Å². The van der Waals surface area contributed by atoms with Crippen LogP contribution in [0.4, 0.5) is 5.82 Å². The third kappa shape index (κ3) is 3.85. The zero-order valence-electron chi connectivity index (χ0n) is 17.7. The second-order valence-electron chi connectivity index (χ2n) is 8.11. The van der Waals surface area contributed by atoms with Gasteiger partial charge in [-0.3, -0.25) is 0 Å². The lowest BCUT2D eigenvalue weighted by Gasteiger charge is -2.17. The Labute approximate surface area is 163 Å². The summed E-state index contributed by atoms with van der Waals surface area (Å²) in [6, 6.07) is 6.89. The van der Waals surface area contributed by atoms with Crippen LogP contribution in [-0.4, -0.2) is 20.6 Å². The topological polar surface area (TPSA) is 42.7 Å². The van der Waals surface area contributed by atoms with Gasteiger partial charge in [-0.15, -0.1) is 0 Å². The molecular weight excluding hydrogens is 332 g/mol. The molecule has 0 aliphatic carbocycles. The van der Waals surface area contributed by atoms with Crippen LogP contribution < -0.4 is 5.32 Å². The first kappa shape index (κ1) is 19.4. The van der Waals surface area contributed by atoms with Crippen LogP contribution in [-0.2, 0) is 6.54 Å². The number of hydrogen-bond acceptors (Lipinski definition) is 3. The van der Waals surface area contributed by atoms with Gasteiger partial charge in [0.2, 0.25) is 0 Å². The maximum absolute atomic E-state index is 5.09. The third-order valence-electron chi connectivity index (χ3n) is 4.88. The summed E-state index contributed by atoms with van der Waals surface area (Å²) in [5.41, 5.74) is 7.92. The number of aromatic nitrogens is 3. The number of anilines is 1. The maximum atomic E-state index is 5.09. The fourth-order valence-electron chi connectivity index (χ4n) is 3.54. The van der Waals surface area contributed by atoms with Gasteiger partial charge in [0.15, 0.2) is 0 Å². The van der Waals surface area contributed by atoms with E-state index in [9.17, 15) is 0 Å². The van der Waals surface area contributed by atoms with Gasteiger partial charge in [0.1, 0.15) is 5.82 Å². The third-order valence-corrected chi connectivity index (χ3v) is 4.88. The lowest BCUT2D eigenvalue weighted by atomic mass is 10.0. The van der Waals surface area contributed by atoms with E-state index < -0.39 is 0 Å². The molecule has 0 saturated carbocycles. The highest BCUT2D eigenvalue weighted by molar-refractivity contribution is 5.86. The van der Waals surface area contributed by atoms with Crippen LogP contribution >= 0.6 is 0 Å². The predicted molar refractivity (Wildman–Crippen MR) is 116 cm³/mol. The van der Waals surface area contributed by atoms with Crippen molar-refractivity contribution in [1.82, 2.24) is 14.5 Å². The summed E-state index contributed by atoms with van der Waals surface area (Å²) in [5.74, 6) is 1.32. The van der Waals surface area contributed by atoms with Crippen molar-refractivity contribution in [3.05, 3.63) is 41.2 Å². The fourth-order valence-corrected chi connectivity index (χ4v) is 3.54. The van der Waals surface area contributed by atoms with Crippen LogP contribution in [0, 0.1) is 13.8 Å². The molecular formula is C23H32N4. The van der Waals surface area contributed by atoms with Gasteiger partial charge in [0, 0.05) is 30.0 Å². The van der Waals surface area contributed by atoms with E-state index >= 15 is 0 Å². The SMILES string of the molecule is CCCn1cc(C)c2nc(-c3ccc(C(C)C)nc3NC(C)C)c(C)cc21. The van der Waals surface area contributed by atoms with Crippen LogP contribution in [0.3, 0.4) is 0 Å². The van der Waals surface area contributed by atoms with E-state index in [4.69, 9.17) is 9.97 Å². The van der Waals surface area contributed by atoms with E-state index in [0.29, 0.717) is 12.0 Å². The number of nitrogens with zero attached hydrogens (tertiary/aromatic N) is 3. The highest BCUT2D eigenvalue weighted by Crippen LogP contribution is 2.33. The minimum atomic E-state index is 0.315. The number of rotatable bonds is 6. The Kier molecular flexibility index (Phi) is 5.54. The molecule has 3 rings (SSSR count). The van der Waals surface area contributed by atoms with Crippen molar-refractivity contribution in [3.63, 3.8) is 0 Å². The van der Waals surface area contributed by atoms with Gasteiger partial charge in [-0.2, -0.15) is 0 Å². The van der Waals surface area contributed by atoms with Gasteiger partial charge in [-0.25, -0.2) is 9.97 Å². The average molecular weight is 365 g/mol. The Morgan fingerprint density at radius 3 is 2.41 bits per heavy atom. The predicted octanol–water partition coefficient (Wildman–Crippen LogP) is 6.07. The molecule has 3 heterocycles. The molecule has 144 valence electrons. The summed E-state index contributed by atoms with van der Waals surface area (Å²) >= 11 is 0. The molecule has 27 heavy (non-hydrogen) atoms. The molecule has 1 N–H and O–H groups in total. The van der Waals surface area contributed by atoms with Crippen LogP contribution in [0.2, 0.25) is 0 Å². The fraction of sp³-hybridized carbons (Fsp3) is 0.478. The Hall–Kier alpha value is -2.36. The number of aryl methyl sites for hydroxylation is 3. The highest BCUT2D eigenvalue weighted by atomic mass is 15.0. The Morgan fingerprint density at radius 2 is 1.78 bits per heavy atom. The first-order chi connectivity index (χ1) is 12.8. The number of nitrogens with one attached hydrogen (secondary N) is 1. The Balaban J connectivity index is 2.19. The standard InChI is InChI=1S/C23H32N4/c1-8-11-27-13-17(7)22-20(27)12-16(6)21(26-22)18-9-10-19(14(2)3)25-23(18)24-15(4)5/h9-10,12-15H,8,11H2,1-7H3,(H,24,25). The molecule has 0 fully saturated rings. The molecule has 0 aliphatic heterocycles. The molecule has 0 saturated heterocycles. The van der Waals surface area contributed by atoms with Crippen LogP contribution in [0.15, 0.2) is 24.4 Å². The summed E-state index contributed by atoms with van der Waals surface area (Å²) in [5, 5.41) is 3.53. The van der Waals surface area contributed by atoms with Crippen molar-refractivity contribution < 1.29 is 0 Å². The molecule has 0 aromatic carbocycles. The van der Waals surface area contributed by atoms with Crippen molar-refractivity contribution in [1.29, 1.82) is 0 Å². The summed E-state index contributed by atoms with van der Waals surface area (Å²) in [6.45, 7) is 16.2. The van der Waals surface area contributed by atoms with Crippen LogP contribution in [0.25, 0.3) is 22.3 Å². The number of fused-ring (bicyclic) bond motifs is 1. The van der Waals surface area contributed by atoms with Gasteiger partial charge < -0.3 is 9.88 Å². The van der Waals surface area contributed by atoms with E-state index in [1.807, 2.05) is 0 Å². The minimum Gasteiger partial charge on any atom is -0.367 e. The Bertz CT molecular complexity index is 951. The zero-order valence-corrected chi connectivity index (χ0v) is 17.7. The molecule has 3 aromatic rings. The lowest BCUT2D eigenvalue weighted by Crippen LogP contribution is -2.13. The van der Waals surface area contributed by atoms with Crippen molar-refractivity contribution >= 4 is 16.9 Å². The monoisotopic (exact) mass is 364 g/mol. The second kappa shape index (κ2) is 7.71. The Morgan fingerprint density at radius 1 is 1.04 bits per heavy atom. The molecule has 0 bridgehead atoms. The van der Waals surface area contributed by atoms with Gasteiger partial charge in [0.25, 0.3) is 0 Å². The van der Waals surface area contributed by atoms with Crippen LogP contribution in [0.1, 0.15) is 63.8 Å². The highest BCUT2D eigenvalue weighted by Gasteiger charge is 2.17. The molecule has 0 unspecified atom stereocenters. The molecule has 4 heteroatoms. The largest absolute Gasteiger partial charge is 0.367 e. The molecule has 0 aliphatic rings. The first-order valence-corrected chi connectivity index (χ1v) is 10.1. The summed E-state index contributed by atoms with van der Waals surface area (Å²) < 4.78 is 2.32. The average Bonchev–Trinajstić information content (AvgIpc) is 2.89. The summed E-state index contributed by atoms with van der Waals surface area (Å²) in [7, 11) is 0. The normalized spacial score (nSPS) is 11.7. The van der Waals surface area contributed by atoms with E-state index in [2.05, 4.69) is 82.7 Å². The van der Waals surface area contributed by atoms with Crippen molar-refractivity contribution in [2.75, 3.05) is 5.32 Å². The number of pyridine rings is 2. The molecule has 4 nitrogen and oxygen atoms in total. The van der Waals surface area contributed by atoms with Gasteiger partial charge >= 0.3 is 0 Å². The van der Waals surface area contributed by atoms with Gasteiger partial charge in [-0.1, -0.05) is 20.8 Å². The molecule has 0 amide bonds. The van der Waals surface area contributed by atoms with Crippen LogP contribution in [0.5, 0.6) is 0 Å². The van der Waals surface area contributed by atoms with Crippen molar-refractivity contribution in [3.8, 4) is 11.3 Å². The van der Waals surface area contributed by atoms with E-state index in [-0.39, 0.29) is 0 Å². The van der Waals surface area contributed by atoms with E-state index in [0.717, 1.165) is 41.3 Å². The molecule has 0 radical (unpaired) electrons. The quantitative estimate of drug-likeness (QED) is 0.577. The van der Waals surface area contributed by atoms with Crippen molar-refractivity contribution in [2.45, 2.75) is 73.4 Å². The first-order valence-electron chi connectivity index (χ1n) is 10.1. The smallest absolute Gasteiger partial charge is 0.135 e.